The van der Waals surface area contributed by atoms with Gasteiger partial charge < -0.3 is 10.1 Å². The number of aromatic nitrogens is 2. The fraction of sp³-hybridized carbons (Fsp3) is 0.333. The van der Waals surface area contributed by atoms with Crippen LogP contribution >= 0.6 is 0 Å². The molecule has 100 valence electrons. The van der Waals surface area contributed by atoms with Crippen LogP contribution in [0.3, 0.4) is 0 Å². The Morgan fingerprint density at radius 3 is 2.53 bits per heavy atom. The maximum absolute atomic E-state index is 5.46. The molecule has 0 radical (unpaired) electrons. The Bertz CT molecular complexity index is 485. The zero-order valence-corrected chi connectivity index (χ0v) is 11.3. The Kier molecular flexibility index (Phi) is 4.86. The van der Waals surface area contributed by atoms with Crippen molar-refractivity contribution in [1.29, 1.82) is 0 Å². The van der Waals surface area contributed by atoms with Crippen LogP contribution in [0.25, 0.3) is 0 Å². The molecule has 19 heavy (non-hydrogen) atoms. The molecule has 1 atom stereocenters. The first kappa shape index (κ1) is 13.5. The van der Waals surface area contributed by atoms with Gasteiger partial charge in [0.05, 0.1) is 24.5 Å². The molecule has 4 nitrogen and oxygen atoms in total. The summed E-state index contributed by atoms with van der Waals surface area (Å²) in [6, 6.07) is 8.16. The number of rotatable bonds is 6. The summed E-state index contributed by atoms with van der Waals surface area (Å²) >= 11 is 0. The highest BCUT2D eigenvalue weighted by Gasteiger charge is 2.14. The molecule has 2 rings (SSSR count). The van der Waals surface area contributed by atoms with Gasteiger partial charge in [0.25, 0.3) is 0 Å². The van der Waals surface area contributed by atoms with Crippen molar-refractivity contribution in [3.8, 4) is 5.75 Å². The summed E-state index contributed by atoms with van der Waals surface area (Å²) in [5.74, 6) is 0.889. The first-order valence-corrected chi connectivity index (χ1v) is 6.57. The van der Waals surface area contributed by atoms with Gasteiger partial charge in [-0.05, 0) is 31.2 Å². The lowest BCUT2D eigenvalue weighted by Crippen LogP contribution is -2.23. The van der Waals surface area contributed by atoms with Crippen LogP contribution in [0.1, 0.15) is 31.1 Å². The molecular formula is C15H19N3O. The van der Waals surface area contributed by atoms with Gasteiger partial charge in [0, 0.05) is 12.4 Å². The number of hydrogen-bond acceptors (Lipinski definition) is 4. The summed E-state index contributed by atoms with van der Waals surface area (Å²) in [5, 5.41) is 3.42. The second-order valence-corrected chi connectivity index (χ2v) is 4.12. The Hall–Kier alpha value is -1.94. The standard InChI is InChI=1S/C15H19N3O/c1-3-17-15(14-11-16-9-10-18-14)12-5-7-13(8-6-12)19-4-2/h5-11,15,17H,3-4H2,1-2H3. The van der Waals surface area contributed by atoms with Crippen molar-refractivity contribution in [3.63, 3.8) is 0 Å². The zero-order valence-electron chi connectivity index (χ0n) is 11.3. The predicted molar refractivity (Wildman–Crippen MR) is 75.2 cm³/mol. The van der Waals surface area contributed by atoms with Gasteiger partial charge in [-0.2, -0.15) is 0 Å². The number of benzene rings is 1. The number of nitrogens with one attached hydrogen (secondary N) is 1. The predicted octanol–water partition coefficient (Wildman–Crippen LogP) is 2.57. The Labute approximate surface area is 113 Å². The Balaban J connectivity index is 2.24. The third-order valence-corrected chi connectivity index (χ3v) is 2.81. The molecule has 2 aromatic rings. The molecule has 0 saturated carbocycles. The summed E-state index contributed by atoms with van der Waals surface area (Å²) in [4.78, 5) is 8.51. The normalized spacial score (nSPS) is 12.1. The van der Waals surface area contributed by atoms with Crippen LogP contribution in [-0.4, -0.2) is 23.1 Å². The van der Waals surface area contributed by atoms with Gasteiger partial charge in [0.1, 0.15) is 5.75 Å². The Morgan fingerprint density at radius 2 is 1.95 bits per heavy atom. The minimum atomic E-state index is 0.0642. The van der Waals surface area contributed by atoms with Crippen LogP contribution in [0, 0.1) is 0 Å². The van der Waals surface area contributed by atoms with Crippen LogP contribution in [0.4, 0.5) is 0 Å². The summed E-state index contributed by atoms with van der Waals surface area (Å²) in [5.41, 5.74) is 2.08. The molecule has 1 unspecified atom stereocenters. The van der Waals surface area contributed by atoms with Gasteiger partial charge in [0.15, 0.2) is 0 Å². The third kappa shape index (κ3) is 3.51. The maximum Gasteiger partial charge on any atom is 0.119 e. The van der Waals surface area contributed by atoms with Crippen molar-refractivity contribution >= 4 is 0 Å². The molecule has 0 fully saturated rings. The van der Waals surface area contributed by atoms with E-state index < -0.39 is 0 Å². The van der Waals surface area contributed by atoms with Crippen molar-refractivity contribution < 1.29 is 4.74 Å². The fourth-order valence-electron chi connectivity index (χ4n) is 1.98. The molecular weight excluding hydrogens is 238 g/mol. The average Bonchev–Trinajstić information content (AvgIpc) is 2.47. The highest BCUT2D eigenvalue weighted by atomic mass is 16.5. The Morgan fingerprint density at radius 1 is 1.16 bits per heavy atom. The lowest BCUT2D eigenvalue weighted by molar-refractivity contribution is 0.340. The molecule has 0 spiro atoms. The van der Waals surface area contributed by atoms with Crippen molar-refractivity contribution in [1.82, 2.24) is 15.3 Å². The molecule has 0 aliphatic rings. The molecule has 1 N–H and O–H groups in total. The molecule has 4 heteroatoms. The monoisotopic (exact) mass is 257 g/mol. The van der Waals surface area contributed by atoms with E-state index in [1.54, 1.807) is 18.6 Å². The zero-order chi connectivity index (χ0) is 13.5. The van der Waals surface area contributed by atoms with Crippen molar-refractivity contribution in [2.75, 3.05) is 13.2 Å². The quantitative estimate of drug-likeness (QED) is 0.864. The summed E-state index contributed by atoms with van der Waals surface area (Å²) in [6.07, 6.45) is 5.20. The first-order chi connectivity index (χ1) is 9.35. The van der Waals surface area contributed by atoms with E-state index in [1.165, 1.54) is 0 Å². The van der Waals surface area contributed by atoms with Crippen molar-refractivity contribution in [2.24, 2.45) is 0 Å². The van der Waals surface area contributed by atoms with Crippen LogP contribution in [0.2, 0.25) is 0 Å². The maximum atomic E-state index is 5.46. The van der Waals surface area contributed by atoms with E-state index in [1.807, 2.05) is 19.1 Å². The largest absolute Gasteiger partial charge is 0.494 e. The molecule has 1 aromatic heterocycles. The number of nitrogens with zero attached hydrogens (tertiary/aromatic N) is 2. The van der Waals surface area contributed by atoms with Crippen LogP contribution in [0.5, 0.6) is 5.75 Å². The molecule has 0 aliphatic carbocycles. The molecule has 0 saturated heterocycles. The van der Waals surface area contributed by atoms with E-state index in [4.69, 9.17) is 4.74 Å². The first-order valence-electron chi connectivity index (χ1n) is 6.57. The fourth-order valence-corrected chi connectivity index (χ4v) is 1.98. The summed E-state index contributed by atoms with van der Waals surface area (Å²) in [6.45, 7) is 5.61. The van der Waals surface area contributed by atoms with Crippen molar-refractivity contribution in [2.45, 2.75) is 19.9 Å². The highest BCUT2D eigenvalue weighted by molar-refractivity contribution is 5.32. The van der Waals surface area contributed by atoms with E-state index in [9.17, 15) is 0 Å². The van der Waals surface area contributed by atoms with Gasteiger partial charge in [-0.25, -0.2) is 0 Å². The van der Waals surface area contributed by atoms with Gasteiger partial charge >= 0.3 is 0 Å². The SMILES string of the molecule is CCNC(c1ccc(OCC)cc1)c1cnccn1. The lowest BCUT2D eigenvalue weighted by atomic mass is 10.0. The number of hydrogen-bond donors (Lipinski definition) is 1. The second kappa shape index (κ2) is 6.85. The smallest absolute Gasteiger partial charge is 0.119 e. The summed E-state index contributed by atoms with van der Waals surface area (Å²) < 4.78 is 5.46. The lowest BCUT2D eigenvalue weighted by Gasteiger charge is -2.17. The minimum absolute atomic E-state index is 0.0642. The van der Waals surface area contributed by atoms with E-state index in [2.05, 4.69) is 34.3 Å². The second-order valence-electron chi connectivity index (χ2n) is 4.12. The molecule has 1 aromatic carbocycles. The molecule has 0 bridgehead atoms. The number of ether oxygens (including phenoxy) is 1. The van der Waals surface area contributed by atoms with Gasteiger partial charge in [-0.15, -0.1) is 0 Å². The van der Waals surface area contributed by atoms with Gasteiger partial charge in [-0.1, -0.05) is 19.1 Å². The van der Waals surface area contributed by atoms with Crippen LogP contribution in [0.15, 0.2) is 42.9 Å². The third-order valence-electron chi connectivity index (χ3n) is 2.81. The minimum Gasteiger partial charge on any atom is -0.494 e. The van der Waals surface area contributed by atoms with E-state index in [0.717, 1.165) is 23.6 Å². The van der Waals surface area contributed by atoms with Crippen LogP contribution in [-0.2, 0) is 0 Å². The van der Waals surface area contributed by atoms with Crippen LogP contribution < -0.4 is 10.1 Å². The van der Waals surface area contributed by atoms with E-state index in [-0.39, 0.29) is 6.04 Å². The molecule has 0 amide bonds. The average molecular weight is 257 g/mol. The van der Waals surface area contributed by atoms with E-state index in [0.29, 0.717) is 6.61 Å². The van der Waals surface area contributed by atoms with Gasteiger partial charge in [0.2, 0.25) is 0 Å². The summed E-state index contributed by atoms with van der Waals surface area (Å²) in [7, 11) is 0. The van der Waals surface area contributed by atoms with Gasteiger partial charge in [-0.3, -0.25) is 9.97 Å². The van der Waals surface area contributed by atoms with E-state index >= 15 is 0 Å². The topological polar surface area (TPSA) is 47.0 Å². The van der Waals surface area contributed by atoms with Crippen molar-refractivity contribution in [3.05, 3.63) is 54.1 Å². The molecule has 0 aliphatic heterocycles. The molecule has 1 heterocycles. The highest BCUT2D eigenvalue weighted by Crippen LogP contribution is 2.22.